The second-order valence-corrected chi connectivity index (χ2v) is 6.15. The van der Waals surface area contributed by atoms with Crippen molar-refractivity contribution in [3.8, 4) is 0 Å². The third kappa shape index (κ3) is 1.76. The molecule has 3 nitrogen and oxygen atoms in total. The average molecular weight is 239 g/mol. The smallest absolute Gasteiger partial charge is 0.207 e. The standard InChI is InChI=1S/C12H17NO2S/c1-4-11-10(3)9(2)5-6-12(11)16(14,15)13-7-8-13/h5-6H,4,7-8H2,1-3H3. The molecule has 0 spiro atoms. The highest BCUT2D eigenvalue weighted by Gasteiger charge is 2.34. The molecule has 0 aromatic heterocycles. The van der Waals surface area contributed by atoms with E-state index in [4.69, 9.17) is 0 Å². The molecule has 1 aromatic carbocycles. The number of aryl methyl sites for hydroxylation is 1. The van der Waals surface area contributed by atoms with Crippen LogP contribution in [0.3, 0.4) is 0 Å². The summed E-state index contributed by atoms with van der Waals surface area (Å²) < 4.78 is 25.8. The molecule has 4 heteroatoms. The lowest BCUT2D eigenvalue weighted by molar-refractivity contribution is 0.562. The number of rotatable bonds is 3. The molecule has 1 aliphatic rings. The Bertz CT molecular complexity index is 516. The minimum absolute atomic E-state index is 0.496. The van der Waals surface area contributed by atoms with Gasteiger partial charge in [0.15, 0.2) is 0 Å². The SMILES string of the molecule is CCc1c(S(=O)(=O)N2CC2)ccc(C)c1C. The van der Waals surface area contributed by atoms with Gasteiger partial charge in [0.1, 0.15) is 0 Å². The fraction of sp³-hybridized carbons (Fsp3) is 0.500. The van der Waals surface area contributed by atoms with Crippen LogP contribution in [-0.2, 0) is 16.4 Å². The van der Waals surface area contributed by atoms with Crippen LogP contribution in [0.5, 0.6) is 0 Å². The molecule has 0 amide bonds. The largest absolute Gasteiger partial charge is 0.243 e. The van der Waals surface area contributed by atoms with Gasteiger partial charge < -0.3 is 0 Å². The van der Waals surface area contributed by atoms with Gasteiger partial charge >= 0.3 is 0 Å². The third-order valence-electron chi connectivity index (χ3n) is 3.20. The Labute approximate surface area is 97.1 Å². The Balaban J connectivity index is 2.61. The van der Waals surface area contributed by atoms with Crippen molar-refractivity contribution in [3.63, 3.8) is 0 Å². The molecule has 0 unspecified atom stereocenters. The summed E-state index contributed by atoms with van der Waals surface area (Å²) in [5, 5.41) is 0. The van der Waals surface area contributed by atoms with E-state index in [-0.39, 0.29) is 0 Å². The highest BCUT2D eigenvalue weighted by Crippen LogP contribution is 2.28. The lowest BCUT2D eigenvalue weighted by atomic mass is 10.0. The minimum Gasteiger partial charge on any atom is -0.207 e. The summed E-state index contributed by atoms with van der Waals surface area (Å²) in [7, 11) is -3.21. The third-order valence-corrected chi connectivity index (χ3v) is 5.19. The minimum atomic E-state index is -3.21. The first kappa shape index (κ1) is 11.6. The maximum Gasteiger partial charge on any atom is 0.243 e. The number of benzene rings is 1. The van der Waals surface area contributed by atoms with Gasteiger partial charge in [-0.15, -0.1) is 0 Å². The highest BCUT2D eigenvalue weighted by molar-refractivity contribution is 7.89. The molecule has 0 radical (unpaired) electrons. The van der Waals surface area contributed by atoms with Crippen molar-refractivity contribution >= 4 is 10.0 Å². The summed E-state index contributed by atoms with van der Waals surface area (Å²) >= 11 is 0. The van der Waals surface area contributed by atoms with Crippen LogP contribution >= 0.6 is 0 Å². The second-order valence-electron chi connectivity index (χ2n) is 4.24. The first-order chi connectivity index (χ1) is 7.48. The van der Waals surface area contributed by atoms with Crippen LogP contribution in [0.4, 0.5) is 0 Å². The topological polar surface area (TPSA) is 37.1 Å². The molecule has 0 aliphatic carbocycles. The zero-order chi connectivity index (χ0) is 11.9. The van der Waals surface area contributed by atoms with Crippen LogP contribution in [-0.4, -0.2) is 25.8 Å². The maximum atomic E-state index is 12.2. The van der Waals surface area contributed by atoms with E-state index in [0.717, 1.165) is 23.1 Å². The number of hydrogen-bond donors (Lipinski definition) is 0. The van der Waals surface area contributed by atoms with Crippen LogP contribution in [0.1, 0.15) is 23.6 Å². The summed E-state index contributed by atoms with van der Waals surface area (Å²) in [6.07, 6.45) is 0.760. The Hall–Kier alpha value is -0.870. The highest BCUT2D eigenvalue weighted by atomic mass is 32.2. The van der Waals surface area contributed by atoms with E-state index in [1.165, 1.54) is 4.31 Å². The average Bonchev–Trinajstić information content (AvgIpc) is 3.05. The fourth-order valence-corrected chi connectivity index (χ4v) is 3.64. The zero-order valence-electron chi connectivity index (χ0n) is 9.95. The Morgan fingerprint density at radius 2 is 1.88 bits per heavy atom. The van der Waals surface area contributed by atoms with Gasteiger partial charge in [0.05, 0.1) is 4.90 Å². The molecule has 1 fully saturated rings. The second kappa shape index (κ2) is 3.86. The van der Waals surface area contributed by atoms with Crippen molar-refractivity contribution < 1.29 is 8.42 Å². The molecule has 0 atom stereocenters. The normalized spacial score (nSPS) is 16.4. The molecule has 1 saturated heterocycles. The first-order valence-corrected chi connectivity index (χ1v) is 7.01. The van der Waals surface area contributed by atoms with Gasteiger partial charge in [-0.25, -0.2) is 8.42 Å². The van der Waals surface area contributed by atoms with Crippen LogP contribution in [0.2, 0.25) is 0 Å². The number of nitrogens with zero attached hydrogens (tertiary/aromatic N) is 1. The molecule has 1 aromatic rings. The molecule has 1 heterocycles. The van der Waals surface area contributed by atoms with Gasteiger partial charge in [-0.1, -0.05) is 13.0 Å². The van der Waals surface area contributed by atoms with Crippen LogP contribution in [0.25, 0.3) is 0 Å². The lowest BCUT2D eigenvalue weighted by Gasteiger charge is -2.13. The summed E-state index contributed by atoms with van der Waals surface area (Å²) in [5.74, 6) is 0. The zero-order valence-corrected chi connectivity index (χ0v) is 10.8. The lowest BCUT2D eigenvalue weighted by Crippen LogP contribution is -2.15. The van der Waals surface area contributed by atoms with Crippen molar-refractivity contribution in [1.29, 1.82) is 0 Å². The predicted molar refractivity (Wildman–Crippen MR) is 64.1 cm³/mol. The van der Waals surface area contributed by atoms with Gasteiger partial charge in [0.2, 0.25) is 10.0 Å². The summed E-state index contributed by atoms with van der Waals surface area (Å²) in [6.45, 7) is 7.34. The van der Waals surface area contributed by atoms with Gasteiger partial charge in [-0.3, -0.25) is 0 Å². The van der Waals surface area contributed by atoms with Crippen LogP contribution in [0, 0.1) is 13.8 Å². The molecule has 0 saturated carbocycles. The van der Waals surface area contributed by atoms with E-state index < -0.39 is 10.0 Å². The molecule has 2 rings (SSSR count). The van der Waals surface area contributed by atoms with E-state index in [9.17, 15) is 8.42 Å². The number of sulfonamides is 1. The molecule has 16 heavy (non-hydrogen) atoms. The predicted octanol–water partition coefficient (Wildman–Crippen LogP) is 1.87. The molecule has 0 N–H and O–H groups in total. The molecule has 1 aliphatic heterocycles. The summed E-state index contributed by atoms with van der Waals surface area (Å²) in [6, 6.07) is 3.64. The summed E-state index contributed by atoms with van der Waals surface area (Å²) in [5.41, 5.74) is 3.22. The fourth-order valence-electron chi connectivity index (χ4n) is 1.95. The molecule has 0 bridgehead atoms. The van der Waals surface area contributed by atoms with E-state index >= 15 is 0 Å². The molecule has 88 valence electrons. The van der Waals surface area contributed by atoms with Gasteiger partial charge in [-0.05, 0) is 43.0 Å². The number of hydrogen-bond acceptors (Lipinski definition) is 2. The van der Waals surface area contributed by atoms with Gasteiger partial charge in [-0.2, -0.15) is 4.31 Å². The van der Waals surface area contributed by atoms with Crippen LogP contribution < -0.4 is 0 Å². The van der Waals surface area contributed by atoms with E-state index in [0.29, 0.717) is 18.0 Å². The van der Waals surface area contributed by atoms with E-state index in [2.05, 4.69) is 0 Å². The maximum absolute atomic E-state index is 12.2. The van der Waals surface area contributed by atoms with Gasteiger partial charge in [0, 0.05) is 13.1 Å². The first-order valence-electron chi connectivity index (χ1n) is 5.57. The van der Waals surface area contributed by atoms with Crippen molar-refractivity contribution in [2.24, 2.45) is 0 Å². The Kier molecular flexibility index (Phi) is 2.80. The van der Waals surface area contributed by atoms with Gasteiger partial charge in [0.25, 0.3) is 0 Å². The van der Waals surface area contributed by atoms with Crippen LogP contribution in [0.15, 0.2) is 17.0 Å². The van der Waals surface area contributed by atoms with Crippen molar-refractivity contribution in [2.75, 3.05) is 13.1 Å². The Morgan fingerprint density at radius 1 is 1.25 bits per heavy atom. The van der Waals surface area contributed by atoms with Crippen molar-refractivity contribution in [2.45, 2.75) is 32.1 Å². The van der Waals surface area contributed by atoms with Crippen molar-refractivity contribution in [3.05, 3.63) is 28.8 Å². The Morgan fingerprint density at radius 3 is 2.38 bits per heavy atom. The quantitative estimate of drug-likeness (QED) is 0.755. The van der Waals surface area contributed by atoms with E-state index in [1.807, 2.05) is 26.8 Å². The van der Waals surface area contributed by atoms with Crippen molar-refractivity contribution in [1.82, 2.24) is 4.31 Å². The molecular formula is C12H17NO2S. The summed E-state index contributed by atoms with van der Waals surface area (Å²) in [4.78, 5) is 0.496. The monoisotopic (exact) mass is 239 g/mol. The molecular weight excluding hydrogens is 222 g/mol. The van der Waals surface area contributed by atoms with E-state index in [1.54, 1.807) is 6.07 Å².